The average Bonchev–Trinajstić information content (AvgIpc) is 2.20. The second-order valence-corrected chi connectivity index (χ2v) is 4.01. The molecule has 16 heavy (non-hydrogen) atoms. The Bertz CT molecular complexity index is 408. The fraction of sp³-hybridized carbons (Fsp3) is 0.308. The molecule has 0 aliphatic heterocycles. The van der Waals surface area contributed by atoms with E-state index in [0.717, 1.165) is 5.57 Å². The van der Waals surface area contributed by atoms with Crippen molar-refractivity contribution in [3.05, 3.63) is 47.3 Å². The van der Waals surface area contributed by atoms with Gasteiger partial charge in [-0.3, -0.25) is 4.79 Å². The van der Waals surface area contributed by atoms with Crippen molar-refractivity contribution in [1.82, 2.24) is 4.90 Å². The Hall–Kier alpha value is -1.64. The van der Waals surface area contributed by atoms with Crippen LogP contribution in [0.5, 0.6) is 0 Å². The molecule has 86 valence electrons. The summed E-state index contributed by atoms with van der Waals surface area (Å²) in [6.45, 7) is 4.00. The highest BCUT2D eigenvalue weighted by Gasteiger charge is 2.08. The summed E-state index contributed by atoms with van der Waals surface area (Å²) in [6, 6.07) is 6.48. The highest BCUT2D eigenvalue weighted by Crippen LogP contribution is 2.09. The van der Waals surface area contributed by atoms with Gasteiger partial charge >= 0.3 is 0 Å². The molecule has 0 radical (unpaired) electrons. The molecule has 0 atom stereocenters. The Morgan fingerprint density at radius 1 is 1.38 bits per heavy atom. The molecular formula is C13H16FNO. The normalized spacial score (nSPS) is 9.75. The van der Waals surface area contributed by atoms with E-state index in [0.29, 0.717) is 5.56 Å². The molecule has 0 bridgehead atoms. The molecule has 1 rings (SSSR count). The smallest absolute Gasteiger partial charge is 0.246 e. The first-order valence-corrected chi connectivity index (χ1v) is 5.14. The van der Waals surface area contributed by atoms with Gasteiger partial charge < -0.3 is 4.90 Å². The van der Waals surface area contributed by atoms with Crippen LogP contribution in [-0.4, -0.2) is 17.9 Å². The third-order valence-corrected chi connectivity index (χ3v) is 2.15. The standard InChI is InChI=1S/C13H16FNO/c1-10(2)8-13(16)15(3)9-11-6-4-5-7-12(11)14/h4-8H,9H2,1-3H3. The maximum Gasteiger partial charge on any atom is 0.246 e. The van der Waals surface area contributed by atoms with Gasteiger partial charge in [0.2, 0.25) is 5.91 Å². The monoisotopic (exact) mass is 221 g/mol. The summed E-state index contributed by atoms with van der Waals surface area (Å²) in [6.07, 6.45) is 1.54. The fourth-order valence-corrected chi connectivity index (χ4v) is 1.32. The van der Waals surface area contributed by atoms with Gasteiger partial charge in [0.1, 0.15) is 5.82 Å². The second kappa shape index (κ2) is 5.45. The van der Waals surface area contributed by atoms with Gasteiger partial charge in [-0.15, -0.1) is 0 Å². The number of rotatable bonds is 3. The van der Waals surface area contributed by atoms with E-state index in [1.165, 1.54) is 11.0 Å². The van der Waals surface area contributed by atoms with E-state index in [1.807, 2.05) is 13.8 Å². The first-order valence-electron chi connectivity index (χ1n) is 5.14. The minimum atomic E-state index is -0.278. The number of halogens is 1. The molecule has 0 aliphatic carbocycles. The molecule has 0 unspecified atom stereocenters. The van der Waals surface area contributed by atoms with Gasteiger partial charge in [-0.05, 0) is 19.9 Å². The van der Waals surface area contributed by atoms with Crippen LogP contribution in [0.15, 0.2) is 35.9 Å². The first-order chi connectivity index (χ1) is 7.50. The van der Waals surface area contributed by atoms with Gasteiger partial charge in [-0.2, -0.15) is 0 Å². The molecule has 0 aromatic heterocycles. The summed E-state index contributed by atoms with van der Waals surface area (Å²) < 4.78 is 13.3. The van der Waals surface area contributed by atoms with Crippen molar-refractivity contribution in [1.29, 1.82) is 0 Å². The van der Waals surface area contributed by atoms with Crippen molar-refractivity contribution in [3.63, 3.8) is 0 Å². The van der Waals surface area contributed by atoms with Crippen LogP contribution in [0.2, 0.25) is 0 Å². The highest BCUT2D eigenvalue weighted by atomic mass is 19.1. The van der Waals surface area contributed by atoms with Gasteiger partial charge in [0.05, 0.1) is 0 Å². The number of carbonyl (C=O) groups is 1. The highest BCUT2D eigenvalue weighted by molar-refractivity contribution is 5.87. The number of hydrogen-bond donors (Lipinski definition) is 0. The fourth-order valence-electron chi connectivity index (χ4n) is 1.32. The van der Waals surface area contributed by atoms with Crippen LogP contribution >= 0.6 is 0 Å². The van der Waals surface area contributed by atoms with E-state index in [2.05, 4.69) is 0 Å². The zero-order chi connectivity index (χ0) is 12.1. The molecule has 0 spiro atoms. The molecule has 1 aromatic rings. The van der Waals surface area contributed by atoms with Gasteiger partial charge in [-0.1, -0.05) is 23.8 Å². The molecule has 0 saturated heterocycles. The Labute approximate surface area is 95.4 Å². The lowest BCUT2D eigenvalue weighted by Gasteiger charge is -2.15. The van der Waals surface area contributed by atoms with Gasteiger partial charge in [0.25, 0.3) is 0 Å². The molecule has 1 aromatic carbocycles. The molecule has 0 saturated carbocycles. The Balaban J connectivity index is 2.72. The summed E-state index contributed by atoms with van der Waals surface area (Å²) in [5, 5.41) is 0. The van der Waals surface area contributed by atoms with Crippen molar-refractivity contribution in [2.75, 3.05) is 7.05 Å². The first kappa shape index (κ1) is 12.4. The quantitative estimate of drug-likeness (QED) is 0.719. The topological polar surface area (TPSA) is 20.3 Å². The van der Waals surface area contributed by atoms with Crippen molar-refractivity contribution >= 4 is 5.91 Å². The third-order valence-electron chi connectivity index (χ3n) is 2.15. The van der Waals surface area contributed by atoms with E-state index < -0.39 is 0 Å². The number of nitrogens with zero attached hydrogens (tertiary/aromatic N) is 1. The minimum absolute atomic E-state index is 0.108. The third kappa shape index (κ3) is 3.50. The van der Waals surface area contributed by atoms with E-state index in [1.54, 1.807) is 31.3 Å². The van der Waals surface area contributed by atoms with Crippen LogP contribution in [0.3, 0.4) is 0 Å². The van der Waals surface area contributed by atoms with Crippen LogP contribution in [-0.2, 0) is 11.3 Å². The summed E-state index contributed by atoms with van der Waals surface area (Å²) in [7, 11) is 1.66. The minimum Gasteiger partial charge on any atom is -0.338 e. The van der Waals surface area contributed by atoms with Crippen LogP contribution in [0, 0.1) is 5.82 Å². The summed E-state index contributed by atoms with van der Waals surface area (Å²) in [4.78, 5) is 13.1. The number of hydrogen-bond acceptors (Lipinski definition) is 1. The van der Waals surface area contributed by atoms with Gasteiger partial charge in [0.15, 0.2) is 0 Å². The van der Waals surface area contributed by atoms with Gasteiger partial charge in [0, 0.05) is 25.2 Å². The van der Waals surface area contributed by atoms with Crippen molar-refractivity contribution in [3.8, 4) is 0 Å². The number of amides is 1. The van der Waals surface area contributed by atoms with Crippen molar-refractivity contribution in [2.24, 2.45) is 0 Å². The average molecular weight is 221 g/mol. The van der Waals surface area contributed by atoms with E-state index in [-0.39, 0.29) is 18.3 Å². The maximum atomic E-state index is 13.3. The SMILES string of the molecule is CC(C)=CC(=O)N(C)Cc1ccccc1F. The zero-order valence-electron chi connectivity index (χ0n) is 9.83. The summed E-state index contributed by atoms with van der Waals surface area (Å²) >= 11 is 0. The van der Waals surface area contributed by atoms with Crippen LogP contribution in [0.1, 0.15) is 19.4 Å². The molecule has 2 nitrogen and oxygen atoms in total. The predicted molar refractivity (Wildman–Crippen MR) is 62.3 cm³/mol. The van der Waals surface area contributed by atoms with Crippen molar-refractivity contribution < 1.29 is 9.18 Å². The Kier molecular flexibility index (Phi) is 4.23. The molecule has 3 heteroatoms. The molecule has 0 aliphatic rings. The lowest BCUT2D eigenvalue weighted by atomic mass is 10.2. The summed E-state index contributed by atoms with van der Waals surface area (Å²) in [5.41, 5.74) is 1.46. The zero-order valence-corrected chi connectivity index (χ0v) is 9.83. The Morgan fingerprint density at radius 2 is 2.00 bits per heavy atom. The van der Waals surface area contributed by atoms with Crippen LogP contribution < -0.4 is 0 Å². The summed E-state index contributed by atoms with van der Waals surface area (Å²) in [5.74, 6) is -0.386. The Morgan fingerprint density at radius 3 is 2.56 bits per heavy atom. The molecule has 0 N–H and O–H groups in total. The van der Waals surface area contributed by atoms with Crippen LogP contribution in [0.4, 0.5) is 4.39 Å². The number of carbonyl (C=O) groups excluding carboxylic acids is 1. The van der Waals surface area contributed by atoms with E-state index in [9.17, 15) is 9.18 Å². The second-order valence-electron chi connectivity index (χ2n) is 4.01. The van der Waals surface area contributed by atoms with Crippen molar-refractivity contribution in [2.45, 2.75) is 20.4 Å². The largest absolute Gasteiger partial charge is 0.338 e. The van der Waals surface area contributed by atoms with E-state index in [4.69, 9.17) is 0 Å². The molecular weight excluding hydrogens is 205 g/mol. The van der Waals surface area contributed by atoms with E-state index >= 15 is 0 Å². The van der Waals surface area contributed by atoms with Gasteiger partial charge in [-0.25, -0.2) is 4.39 Å². The number of likely N-dealkylation sites (N-methyl/N-ethyl adjacent to an activating group) is 1. The molecule has 1 amide bonds. The molecule has 0 heterocycles. The lowest BCUT2D eigenvalue weighted by molar-refractivity contribution is -0.125. The molecule has 0 fully saturated rings. The number of benzene rings is 1. The lowest BCUT2D eigenvalue weighted by Crippen LogP contribution is -2.24. The predicted octanol–water partition coefficient (Wildman–Crippen LogP) is 2.75. The van der Waals surface area contributed by atoms with Crippen LogP contribution in [0.25, 0.3) is 0 Å². The number of allylic oxidation sites excluding steroid dienone is 1. The maximum absolute atomic E-state index is 13.3.